The summed E-state index contributed by atoms with van der Waals surface area (Å²) in [5, 5.41) is 4.63. The molecule has 2 heterocycles. The zero-order valence-corrected chi connectivity index (χ0v) is 14.6. The van der Waals surface area contributed by atoms with Crippen molar-refractivity contribution in [3.8, 4) is 11.3 Å². The lowest BCUT2D eigenvalue weighted by atomic mass is 10.1. The number of halogens is 2. The average Bonchev–Trinajstić information content (AvgIpc) is 2.57. The van der Waals surface area contributed by atoms with Crippen LogP contribution < -0.4 is 10.2 Å². The molecular formula is C17H20Cl2N4. The zero-order valence-electron chi connectivity index (χ0n) is 13.1. The monoisotopic (exact) mass is 350 g/mol. The number of aromatic nitrogens is 2. The lowest BCUT2D eigenvalue weighted by Gasteiger charge is -2.33. The molecule has 3 rings (SSSR count). The number of anilines is 1. The van der Waals surface area contributed by atoms with Crippen molar-refractivity contribution in [3.63, 3.8) is 0 Å². The van der Waals surface area contributed by atoms with E-state index in [0.29, 0.717) is 21.9 Å². The molecule has 6 heteroatoms. The molecule has 1 aliphatic heterocycles. The highest BCUT2D eigenvalue weighted by Crippen LogP contribution is 2.28. The Morgan fingerprint density at radius 2 is 1.87 bits per heavy atom. The summed E-state index contributed by atoms with van der Waals surface area (Å²) >= 11 is 12.3. The van der Waals surface area contributed by atoms with Crippen molar-refractivity contribution >= 4 is 29.0 Å². The predicted molar refractivity (Wildman–Crippen MR) is 96.4 cm³/mol. The van der Waals surface area contributed by atoms with E-state index < -0.39 is 0 Å². The van der Waals surface area contributed by atoms with Crippen LogP contribution in [0.4, 0.5) is 5.82 Å². The topological polar surface area (TPSA) is 41.0 Å². The maximum Gasteiger partial charge on any atom is 0.157 e. The van der Waals surface area contributed by atoms with Crippen LogP contribution in [0.1, 0.15) is 19.8 Å². The summed E-state index contributed by atoms with van der Waals surface area (Å²) in [4.78, 5) is 11.3. The average molecular weight is 351 g/mol. The molecule has 1 aromatic heterocycles. The van der Waals surface area contributed by atoms with Gasteiger partial charge in [0, 0.05) is 29.7 Å². The Bertz CT molecular complexity index is 652. The molecule has 0 amide bonds. The van der Waals surface area contributed by atoms with E-state index in [9.17, 15) is 0 Å². The van der Waals surface area contributed by atoms with E-state index in [1.54, 1.807) is 0 Å². The van der Waals surface area contributed by atoms with Gasteiger partial charge in [0.25, 0.3) is 0 Å². The van der Waals surface area contributed by atoms with Gasteiger partial charge >= 0.3 is 0 Å². The second kappa shape index (κ2) is 7.47. The Labute approximate surface area is 146 Å². The van der Waals surface area contributed by atoms with Crippen LogP contribution in [-0.2, 0) is 0 Å². The van der Waals surface area contributed by atoms with Gasteiger partial charge in [-0.05, 0) is 31.5 Å². The van der Waals surface area contributed by atoms with Crippen molar-refractivity contribution in [1.82, 2.24) is 15.3 Å². The normalized spacial score (nSPS) is 15.9. The number of hydrogen-bond acceptors (Lipinski definition) is 4. The Morgan fingerprint density at radius 3 is 2.48 bits per heavy atom. The summed E-state index contributed by atoms with van der Waals surface area (Å²) in [7, 11) is 0. The van der Waals surface area contributed by atoms with Crippen molar-refractivity contribution in [1.29, 1.82) is 0 Å². The van der Waals surface area contributed by atoms with E-state index in [-0.39, 0.29) is 0 Å². The molecule has 0 radical (unpaired) electrons. The summed E-state index contributed by atoms with van der Waals surface area (Å²) in [6.07, 6.45) is 4.04. The van der Waals surface area contributed by atoms with Crippen molar-refractivity contribution in [2.75, 3.05) is 24.5 Å². The van der Waals surface area contributed by atoms with Crippen LogP contribution in [0.3, 0.4) is 0 Å². The van der Waals surface area contributed by atoms with Crippen LogP contribution in [0, 0.1) is 0 Å². The van der Waals surface area contributed by atoms with E-state index in [1.165, 1.54) is 0 Å². The summed E-state index contributed by atoms with van der Waals surface area (Å²) in [5.74, 6) is 0.850. The summed E-state index contributed by atoms with van der Waals surface area (Å²) < 4.78 is 0. The number of benzene rings is 1. The molecular weight excluding hydrogens is 331 g/mol. The summed E-state index contributed by atoms with van der Waals surface area (Å²) in [6, 6.07) is 8.07. The lowest BCUT2D eigenvalue weighted by Crippen LogP contribution is -2.42. The predicted octanol–water partition coefficient (Wildman–Crippen LogP) is 4.03. The van der Waals surface area contributed by atoms with Gasteiger partial charge in [0.1, 0.15) is 11.5 Å². The largest absolute Gasteiger partial charge is 0.355 e. The quantitative estimate of drug-likeness (QED) is 0.903. The molecule has 0 bridgehead atoms. The summed E-state index contributed by atoms with van der Waals surface area (Å²) in [6.45, 7) is 5.12. The van der Waals surface area contributed by atoms with Crippen LogP contribution in [-0.4, -0.2) is 35.6 Å². The minimum atomic E-state index is 0.429. The molecule has 1 saturated heterocycles. The molecule has 1 N–H and O–H groups in total. The summed E-state index contributed by atoms with van der Waals surface area (Å²) in [5.41, 5.74) is 1.61. The third kappa shape index (κ3) is 3.94. The molecule has 2 aromatic rings. The Kier molecular flexibility index (Phi) is 5.36. The Hall–Kier alpha value is -1.36. The van der Waals surface area contributed by atoms with Crippen LogP contribution in [0.15, 0.2) is 30.5 Å². The van der Waals surface area contributed by atoms with E-state index in [4.69, 9.17) is 23.2 Å². The van der Waals surface area contributed by atoms with Gasteiger partial charge in [-0.25, -0.2) is 9.97 Å². The standard InChI is InChI=1S/C17H20Cl2N4/c1-2-20-14-7-9-23(10-8-14)15-11-21-16(17(19)22-15)12-3-5-13(18)6-4-12/h3-6,11,14,20H,2,7-10H2,1H3. The molecule has 122 valence electrons. The maximum atomic E-state index is 6.36. The third-order valence-corrected chi connectivity index (χ3v) is 4.66. The molecule has 0 saturated carbocycles. The third-order valence-electron chi connectivity index (χ3n) is 4.15. The van der Waals surface area contributed by atoms with Gasteiger partial charge in [-0.15, -0.1) is 0 Å². The van der Waals surface area contributed by atoms with Gasteiger partial charge in [0.15, 0.2) is 5.15 Å². The fraction of sp³-hybridized carbons (Fsp3) is 0.412. The van der Waals surface area contributed by atoms with E-state index in [0.717, 1.165) is 43.9 Å². The van der Waals surface area contributed by atoms with Gasteiger partial charge in [-0.3, -0.25) is 0 Å². The fourth-order valence-electron chi connectivity index (χ4n) is 2.91. The lowest BCUT2D eigenvalue weighted by molar-refractivity contribution is 0.422. The van der Waals surface area contributed by atoms with Gasteiger partial charge in [0.05, 0.1) is 6.20 Å². The van der Waals surface area contributed by atoms with Gasteiger partial charge in [-0.1, -0.05) is 42.3 Å². The molecule has 0 aliphatic carbocycles. The van der Waals surface area contributed by atoms with Crippen LogP contribution in [0.2, 0.25) is 10.2 Å². The van der Waals surface area contributed by atoms with Crippen molar-refractivity contribution in [3.05, 3.63) is 40.6 Å². The first-order chi connectivity index (χ1) is 11.2. The molecule has 0 spiro atoms. The van der Waals surface area contributed by atoms with Crippen LogP contribution >= 0.6 is 23.2 Å². The zero-order chi connectivity index (χ0) is 16.2. The fourth-order valence-corrected chi connectivity index (χ4v) is 3.28. The molecule has 1 aromatic carbocycles. The highest BCUT2D eigenvalue weighted by molar-refractivity contribution is 6.32. The SMILES string of the molecule is CCNC1CCN(c2cnc(-c3ccc(Cl)cc3)c(Cl)n2)CC1. The van der Waals surface area contributed by atoms with Gasteiger partial charge in [-0.2, -0.15) is 0 Å². The van der Waals surface area contributed by atoms with E-state index in [1.807, 2.05) is 30.5 Å². The van der Waals surface area contributed by atoms with Crippen molar-refractivity contribution in [2.24, 2.45) is 0 Å². The van der Waals surface area contributed by atoms with E-state index in [2.05, 4.69) is 27.1 Å². The van der Waals surface area contributed by atoms with Gasteiger partial charge in [0.2, 0.25) is 0 Å². The number of piperidine rings is 1. The smallest absolute Gasteiger partial charge is 0.157 e. The second-order valence-corrected chi connectivity index (χ2v) is 6.49. The first kappa shape index (κ1) is 16.5. The molecule has 0 unspecified atom stereocenters. The maximum absolute atomic E-state index is 6.36. The highest BCUT2D eigenvalue weighted by atomic mass is 35.5. The minimum Gasteiger partial charge on any atom is -0.355 e. The molecule has 23 heavy (non-hydrogen) atoms. The molecule has 4 nitrogen and oxygen atoms in total. The Balaban J connectivity index is 1.74. The van der Waals surface area contributed by atoms with Crippen molar-refractivity contribution < 1.29 is 0 Å². The van der Waals surface area contributed by atoms with Crippen molar-refractivity contribution in [2.45, 2.75) is 25.8 Å². The Morgan fingerprint density at radius 1 is 1.17 bits per heavy atom. The van der Waals surface area contributed by atoms with E-state index >= 15 is 0 Å². The molecule has 1 aliphatic rings. The first-order valence-electron chi connectivity index (χ1n) is 7.94. The molecule has 0 atom stereocenters. The number of nitrogens with zero attached hydrogens (tertiary/aromatic N) is 3. The minimum absolute atomic E-state index is 0.429. The van der Waals surface area contributed by atoms with Crippen LogP contribution in [0.25, 0.3) is 11.3 Å². The molecule has 1 fully saturated rings. The first-order valence-corrected chi connectivity index (χ1v) is 8.69. The number of nitrogens with one attached hydrogen (secondary N) is 1. The second-order valence-electron chi connectivity index (χ2n) is 5.69. The number of rotatable bonds is 4. The van der Waals surface area contributed by atoms with Gasteiger partial charge < -0.3 is 10.2 Å². The highest BCUT2D eigenvalue weighted by Gasteiger charge is 2.20. The van der Waals surface area contributed by atoms with Crippen LogP contribution in [0.5, 0.6) is 0 Å². The number of hydrogen-bond donors (Lipinski definition) is 1.